The molecule has 3 N–H and O–H groups in total. The first-order chi connectivity index (χ1) is 12.1. The Morgan fingerprint density at radius 3 is 2.48 bits per heavy atom. The van der Waals surface area contributed by atoms with Crippen LogP contribution in [0.2, 0.25) is 0 Å². The van der Waals surface area contributed by atoms with Crippen molar-refractivity contribution in [2.45, 2.75) is 31.8 Å². The molecule has 0 aliphatic heterocycles. The number of amides is 1. The molecule has 0 spiro atoms. The van der Waals surface area contributed by atoms with Crippen molar-refractivity contribution in [1.29, 1.82) is 0 Å². The van der Waals surface area contributed by atoms with Crippen molar-refractivity contribution in [1.82, 2.24) is 5.32 Å². The molecule has 2 rings (SSSR count). The number of benzene rings is 2. The second kappa shape index (κ2) is 9.81. The van der Waals surface area contributed by atoms with Crippen LogP contribution in [0.3, 0.4) is 0 Å². The number of anilines is 1. The standard InChI is InChI=1S/C20H26N2O3/c1-15(21-17(12-13-23)16-8-4-3-5-9-16)14-20(24)22-18-10-6-7-11-19(18)25-2/h3-11,15,17,21,23H,12-14H2,1-2H3,(H,22,24)/t15?,17-/m1/s1. The Morgan fingerprint density at radius 1 is 1.12 bits per heavy atom. The van der Waals surface area contributed by atoms with Gasteiger partial charge in [-0.3, -0.25) is 4.79 Å². The van der Waals surface area contributed by atoms with Crippen molar-refractivity contribution in [3.63, 3.8) is 0 Å². The molecule has 0 saturated heterocycles. The van der Waals surface area contributed by atoms with Gasteiger partial charge in [0.2, 0.25) is 5.91 Å². The minimum absolute atomic E-state index is 0.0141. The maximum Gasteiger partial charge on any atom is 0.226 e. The van der Waals surface area contributed by atoms with Gasteiger partial charge in [0.1, 0.15) is 5.75 Å². The van der Waals surface area contributed by atoms with E-state index in [0.29, 0.717) is 24.3 Å². The van der Waals surface area contributed by atoms with Gasteiger partial charge in [0, 0.05) is 25.1 Å². The first kappa shape index (κ1) is 19.0. The maximum atomic E-state index is 12.3. The van der Waals surface area contributed by atoms with Crippen molar-refractivity contribution < 1.29 is 14.6 Å². The highest BCUT2D eigenvalue weighted by Gasteiger charge is 2.16. The van der Waals surface area contributed by atoms with Crippen LogP contribution in [0.4, 0.5) is 5.69 Å². The number of hydrogen-bond donors (Lipinski definition) is 3. The van der Waals surface area contributed by atoms with Crippen molar-refractivity contribution in [3.8, 4) is 5.75 Å². The molecule has 5 heteroatoms. The van der Waals surface area contributed by atoms with Crippen LogP contribution in [0, 0.1) is 0 Å². The van der Waals surface area contributed by atoms with Crippen molar-refractivity contribution in [2.24, 2.45) is 0 Å². The fourth-order valence-electron chi connectivity index (χ4n) is 2.79. The minimum Gasteiger partial charge on any atom is -0.495 e. The lowest BCUT2D eigenvalue weighted by atomic mass is 10.0. The molecule has 1 unspecified atom stereocenters. The van der Waals surface area contributed by atoms with E-state index in [0.717, 1.165) is 5.56 Å². The van der Waals surface area contributed by atoms with Gasteiger partial charge in [-0.15, -0.1) is 0 Å². The summed E-state index contributed by atoms with van der Waals surface area (Å²) in [5.74, 6) is 0.555. The van der Waals surface area contributed by atoms with E-state index in [-0.39, 0.29) is 24.6 Å². The summed E-state index contributed by atoms with van der Waals surface area (Å²) in [6.45, 7) is 2.06. The summed E-state index contributed by atoms with van der Waals surface area (Å²) in [6.07, 6.45) is 0.926. The third-order valence-corrected chi connectivity index (χ3v) is 3.98. The zero-order valence-electron chi connectivity index (χ0n) is 14.7. The summed E-state index contributed by atoms with van der Waals surface area (Å²) in [7, 11) is 1.58. The van der Waals surface area contributed by atoms with Crippen molar-refractivity contribution >= 4 is 11.6 Å². The molecule has 1 amide bonds. The van der Waals surface area contributed by atoms with Gasteiger partial charge in [0.25, 0.3) is 0 Å². The zero-order chi connectivity index (χ0) is 18.1. The van der Waals surface area contributed by atoms with Crippen LogP contribution in [0.5, 0.6) is 5.75 Å². The van der Waals surface area contributed by atoms with E-state index in [1.165, 1.54) is 0 Å². The topological polar surface area (TPSA) is 70.6 Å². The van der Waals surface area contributed by atoms with Gasteiger partial charge in [-0.2, -0.15) is 0 Å². The highest BCUT2D eigenvalue weighted by molar-refractivity contribution is 5.92. The van der Waals surface area contributed by atoms with Gasteiger partial charge in [-0.25, -0.2) is 0 Å². The van der Waals surface area contributed by atoms with Crippen molar-refractivity contribution in [2.75, 3.05) is 19.0 Å². The molecule has 2 aromatic rings. The van der Waals surface area contributed by atoms with E-state index >= 15 is 0 Å². The second-order valence-electron chi connectivity index (χ2n) is 6.00. The third kappa shape index (κ3) is 5.89. The van der Waals surface area contributed by atoms with Gasteiger partial charge in [0.05, 0.1) is 12.8 Å². The van der Waals surface area contributed by atoms with Gasteiger partial charge in [-0.1, -0.05) is 42.5 Å². The Balaban J connectivity index is 1.93. The number of aliphatic hydroxyl groups excluding tert-OH is 1. The summed E-state index contributed by atoms with van der Waals surface area (Å²) in [6, 6.07) is 17.3. The van der Waals surface area contributed by atoms with Crippen LogP contribution in [-0.4, -0.2) is 30.8 Å². The molecule has 0 radical (unpaired) electrons. The summed E-state index contributed by atoms with van der Waals surface area (Å²) in [5.41, 5.74) is 1.77. The number of methoxy groups -OCH3 is 1. The Kier molecular flexibility index (Phi) is 7.44. The average molecular weight is 342 g/mol. The molecular weight excluding hydrogens is 316 g/mol. The quantitative estimate of drug-likeness (QED) is 0.655. The van der Waals surface area contributed by atoms with E-state index < -0.39 is 0 Å². The molecule has 134 valence electrons. The van der Waals surface area contributed by atoms with Crippen LogP contribution < -0.4 is 15.4 Å². The second-order valence-corrected chi connectivity index (χ2v) is 6.00. The zero-order valence-corrected chi connectivity index (χ0v) is 14.7. The Bertz CT molecular complexity index is 661. The first-order valence-electron chi connectivity index (χ1n) is 8.48. The number of ether oxygens (including phenoxy) is 1. The molecule has 0 heterocycles. The predicted octanol–water partition coefficient (Wildman–Crippen LogP) is 3.13. The molecule has 0 aromatic heterocycles. The normalized spacial score (nSPS) is 13.1. The Labute approximate surface area is 149 Å². The average Bonchev–Trinajstić information content (AvgIpc) is 2.62. The summed E-state index contributed by atoms with van der Waals surface area (Å²) >= 11 is 0. The minimum atomic E-state index is -0.0830. The van der Waals surface area contributed by atoms with Gasteiger partial charge >= 0.3 is 0 Å². The summed E-state index contributed by atoms with van der Waals surface area (Å²) in [4.78, 5) is 12.3. The SMILES string of the molecule is COc1ccccc1NC(=O)CC(C)N[C@H](CCO)c1ccccc1. The fraction of sp³-hybridized carbons (Fsp3) is 0.350. The molecular formula is C20H26N2O3. The smallest absolute Gasteiger partial charge is 0.226 e. The highest BCUT2D eigenvalue weighted by atomic mass is 16.5. The van der Waals surface area contributed by atoms with Gasteiger partial charge in [0.15, 0.2) is 0 Å². The summed E-state index contributed by atoms with van der Waals surface area (Å²) < 4.78 is 5.25. The molecule has 0 aliphatic rings. The first-order valence-corrected chi connectivity index (χ1v) is 8.48. The molecule has 0 aliphatic carbocycles. The van der Waals surface area contributed by atoms with Crippen LogP contribution in [0.25, 0.3) is 0 Å². The van der Waals surface area contributed by atoms with Gasteiger partial charge < -0.3 is 20.5 Å². The molecule has 2 atom stereocenters. The van der Waals surface area contributed by atoms with E-state index in [4.69, 9.17) is 4.74 Å². The lowest BCUT2D eigenvalue weighted by molar-refractivity contribution is -0.116. The molecule has 2 aromatic carbocycles. The van der Waals surface area contributed by atoms with Crippen LogP contribution >= 0.6 is 0 Å². The molecule has 0 fully saturated rings. The molecule has 0 saturated carbocycles. The predicted molar refractivity (Wildman–Crippen MR) is 99.7 cm³/mol. The summed E-state index contributed by atoms with van der Waals surface area (Å²) in [5, 5.41) is 15.6. The number of carbonyl (C=O) groups is 1. The number of aliphatic hydroxyl groups is 1. The fourth-order valence-corrected chi connectivity index (χ4v) is 2.79. The number of para-hydroxylation sites is 2. The Morgan fingerprint density at radius 2 is 1.80 bits per heavy atom. The van der Waals surface area contributed by atoms with Crippen LogP contribution in [-0.2, 0) is 4.79 Å². The van der Waals surface area contributed by atoms with E-state index in [1.807, 2.05) is 61.5 Å². The van der Waals surface area contributed by atoms with E-state index in [1.54, 1.807) is 7.11 Å². The number of carbonyl (C=O) groups excluding carboxylic acids is 1. The van der Waals surface area contributed by atoms with E-state index in [9.17, 15) is 9.90 Å². The van der Waals surface area contributed by atoms with Gasteiger partial charge in [-0.05, 0) is 31.0 Å². The van der Waals surface area contributed by atoms with E-state index in [2.05, 4.69) is 10.6 Å². The Hall–Kier alpha value is -2.37. The number of rotatable bonds is 9. The van der Waals surface area contributed by atoms with Crippen LogP contribution in [0.15, 0.2) is 54.6 Å². The lowest BCUT2D eigenvalue weighted by Gasteiger charge is -2.23. The van der Waals surface area contributed by atoms with Crippen LogP contribution in [0.1, 0.15) is 31.4 Å². The third-order valence-electron chi connectivity index (χ3n) is 3.98. The maximum absolute atomic E-state index is 12.3. The number of nitrogens with one attached hydrogen (secondary N) is 2. The van der Waals surface area contributed by atoms with Crippen molar-refractivity contribution in [3.05, 3.63) is 60.2 Å². The molecule has 25 heavy (non-hydrogen) atoms. The lowest BCUT2D eigenvalue weighted by Crippen LogP contribution is -2.34. The monoisotopic (exact) mass is 342 g/mol. The largest absolute Gasteiger partial charge is 0.495 e. The molecule has 0 bridgehead atoms. The number of hydrogen-bond acceptors (Lipinski definition) is 4. The molecule has 5 nitrogen and oxygen atoms in total. The highest BCUT2D eigenvalue weighted by Crippen LogP contribution is 2.23.